The van der Waals surface area contributed by atoms with Crippen LogP contribution in [0.5, 0.6) is 0 Å². The summed E-state index contributed by atoms with van der Waals surface area (Å²) in [4.78, 5) is 49.4. The van der Waals surface area contributed by atoms with Crippen molar-refractivity contribution in [3.05, 3.63) is 0 Å². The Morgan fingerprint density at radius 3 is 2.12 bits per heavy atom. The topological polar surface area (TPSA) is 133 Å². The van der Waals surface area contributed by atoms with E-state index in [0.29, 0.717) is 6.54 Å². The average molecular weight is 502 g/mol. The molecule has 0 aromatic heterocycles. The second kappa shape index (κ2) is 13.3. The predicted molar refractivity (Wildman–Crippen MR) is 125 cm³/mol. The molecule has 2 heterocycles. The summed E-state index contributed by atoms with van der Waals surface area (Å²) >= 11 is 5.41. The van der Waals surface area contributed by atoms with Gasteiger partial charge < -0.3 is 29.6 Å². The second-order valence-corrected chi connectivity index (χ2v) is 8.79. The molecule has 34 heavy (non-hydrogen) atoms. The Morgan fingerprint density at radius 2 is 1.50 bits per heavy atom. The molecule has 0 spiro atoms. The third-order valence-corrected chi connectivity index (χ3v) is 5.85. The van der Waals surface area contributed by atoms with Crippen LogP contribution in [0.2, 0.25) is 0 Å². The normalized spacial score (nSPS) is 25.6. The molecule has 5 atom stereocenters. The molecule has 0 saturated carbocycles. The third kappa shape index (κ3) is 7.71. The molecule has 2 aliphatic rings. The first-order chi connectivity index (χ1) is 16.1. The highest BCUT2D eigenvalue weighted by atomic mass is 32.1. The lowest BCUT2D eigenvalue weighted by Crippen LogP contribution is -2.72. The maximum atomic E-state index is 12.6. The van der Waals surface area contributed by atoms with E-state index in [9.17, 15) is 19.2 Å². The number of rotatable bonds is 11. The Bertz CT molecular complexity index is 764. The zero-order valence-corrected chi connectivity index (χ0v) is 21.0. The van der Waals surface area contributed by atoms with E-state index in [1.807, 2.05) is 0 Å². The average Bonchev–Trinajstić information content (AvgIpc) is 3.12. The van der Waals surface area contributed by atoms with Crippen molar-refractivity contribution in [2.45, 2.75) is 96.7 Å². The van der Waals surface area contributed by atoms with Crippen LogP contribution in [0, 0.1) is 0 Å². The first kappa shape index (κ1) is 27.6. The van der Waals surface area contributed by atoms with Crippen LogP contribution < -0.4 is 10.6 Å². The summed E-state index contributed by atoms with van der Waals surface area (Å²) in [6, 6.07) is -0.772. The van der Waals surface area contributed by atoms with E-state index in [0.717, 1.165) is 19.3 Å². The van der Waals surface area contributed by atoms with Gasteiger partial charge in [-0.3, -0.25) is 19.3 Å². The fraction of sp³-hybridized carbons (Fsp3) is 0.773. The van der Waals surface area contributed by atoms with Gasteiger partial charge in [0, 0.05) is 27.3 Å². The van der Waals surface area contributed by atoms with Gasteiger partial charge in [0.15, 0.2) is 23.4 Å². The summed E-state index contributed by atoms with van der Waals surface area (Å²) in [5, 5.41) is 6.33. The SMILES string of the molecule is CCCCCCCCNC(=S)N[C@@H]1C(OC(C)=O)C(OC(C)=O)[C@H](OC(C)=O)C2COC(=O)N21. The monoisotopic (exact) mass is 501 g/mol. The quantitative estimate of drug-likeness (QED) is 0.186. The first-order valence-corrected chi connectivity index (χ1v) is 12.1. The van der Waals surface area contributed by atoms with Crippen molar-refractivity contribution in [2.75, 3.05) is 13.2 Å². The van der Waals surface area contributed by atoms with Crippen molar-refractivity contribution in [1.29, 1.82) is 0 Å². The van der Waals surface area contributed by atoms with Gasteiger partial charge in [-0.15, -0.1) is 0 Å². The Labute approximate surface area is 205 Å². The molecule has 2 saturated heterocycles. The molecular weight excluding hydrogens is 466 g/mol. The molecule has 12 heteroatoms. The number of nitrogens with one attached hydrogen (secondary N) is 2. The molecule has 2 rings (SSSR count). The van der Waals surface area contributed by atoms with Crippen molar-refractivity contribution in [3.63, 3.8) is 0 Å². The maximum Gasteiger partial charge on any atom is 0.412 e. The van der Waals surface area contributed by atoms with Crippen molar-refractivity contribution < 1.29 is 38.1 Å². The summed E-state index contributed by atoms with van der Waals surface area (Å²) < 4.78 is 21.5. The summed E-state index contributed by atoms with van der Waals surface area (Å²) in [6.07, 6.45) is 1.54. The zero-order chi connectivity index (χ0) is 25.3. The summed E-state index contributed by atoms with van der Waals surface area (Å²) in [6.45, 7) is 6.26. The van der Waals surface area contributed by atoms with E-state index in [4.69, 9.17) is 31.2 Å². The van der Waals surface area contributed by atoms with Gasteiger partial charge in [0.1, 0.15) is 18.8 Å². The molecule has 0 bridgehead atoms. The van der Waals surface area contributed by atoms with Crippen LogP contribution in [-0.2, 0) is 33.3 Å². The van der Waals surface area contributed by atoms with Gasteiger partial charge in [0.05, 0.1) is 0 Å². The van der Waals surface area contributed by atoms with Gasteiger partial charge in [-0.05, 0) is 18.6 Å². The molecule has 2 N–H and O–H groups in total. The molecule has 0 aromatic carbocycles. The number of esters is 3. The van der Waals surface area contributed by atoms with Gasteiger partial charge in [0.2, 0.25) is 0 Å². The number of unbranched alkanes of at least 4 members (excludes halogenated alkanes) is 5. The predicted octanol–water partition coefficient (Wildman–Crippen LogP) is 1.77. The van der Waals surface area contributed by atoms with Crippen LogP contribution in [0.1, 0.15) is 66.2 Å². The number of ether oxygens (including phenoxy) is 4. The Morgan fingerprint density at radius 1 is 0.941 bits per heavy atom. The highest BCUT2D eigenvalue weighted by molar-refractivity contribution is 7.80. The van der Waals surface area contributed by atoms with Gasteiger partial charge in [-0.25, -0.2) is 4.79 Å². The molecule has 0 radical (unpaired) electrons. The number of hydrogen-bond acceptors (Lipinski definition) is 9. The van der Waals surface area contributed by atoms with Crippen LogP contribution >= 0.6 is 12.2 Å². The molecular formula is C22H35N3O8S. The number of hydrogen-bond donors (Lipinski definition) is 2. The lowest BCUT2D eigenvalue weighted by molar-refractivity contribution is -0.207. The standard InChI is InChI=1S/C22H35N3O8S/c1-5-6-7-8-9-10-11-23-21(34)24-20-19(33-15(4)28)18(32-14(3)27)17(31-13(2)26)16-12-30-22(29)25(16)20/h16-20H,5-12H2,1-4H3,(H2,23,24,34)/t16?,17-,18?,19?,20+/m1/s1. The van der Waals surface area contributed by atoms with Crippen molar-refractivity contribution >= 4 is 41.3 Å². The van der Waals surface area contributed by atoms with Crippen LogP contribution in [0.25, 0.3) is 0 Å². The number of nitrogens with zero attached hydrogens (tertiary/aromatic N) is 1. The van der Waals surface area contributed by atoms with Gasteiger partial charge in [0.25, 0.3) is 0 Å². The Hall–Kier alpha value is -2.63. The molecule has 2 aliphatic heterocycles. The lowest BCUT2D eigenvalue weighted by atomic mass is 9.91. The fourth-order valence-electron chi connectivity index (χ4n) is 4.19. The maximum absolute atomic E-state index is 12.6. The van der Waals surface area contributed by atoms with Crippen molar-refractivity contribution in [3.8, 4) is 0 Å². The van der Waals surface area contributed by atoms with E-state index >= 15 is 0 Å². The zero-order valence-electron chi connectivity index (χ0n) is 20.2. The molecule has 1 amide bonds. The number of carbonyl (C=O) groups excluding carboxylic acids is 4. The number of cyclic esters (lactones) is 1. The summed E-state index contributed by atoms with van der Waals surface area (Å²) in [5.74, 6) is -1.99. The number of piperidine rings is 1. The van der Waals surface area contributed by atoms with E-state index in [1.165, 1.54) is 44.9 Å². The van der Waals surface area contributed by atoms with Gasteiger partial charge in [-0.2, -0.15) is 0 Å². The number of fused-ring (bicyclic) bond motifs is 1. The van der Waals surface area contributed by atoms with Crippen LogP contribution in [0.3, 0.4) is 0 Å². The van der Waals surface area contributed by atoms with E-state index in [2.05, 4.69) is 17.6 Å². The molecule has 0 aromatic rings. The highest BCUT2D eigenvalue weighted by Crippen LogP contribution is 2.34. The Balaban J connectivity index is 2.18. The van der Waals surface area contributed by atoms with E-state index in [-0.39, 0.29) is 11.7 Å². The van der Waals surface area contributed by atoms with Gasteiger partial charge in [-0.1, -0.05) is 39.0 Å². The Kier molecular flexibility index (Phi) is 10.8. The van der Waals surface area contributed by atoms with Crippen LogP contribution in [0.4, 0.5) is 4.79 Å². The van der Waals surface area contributed by atoms with Gasteiger partial charge >= 0.3 is 24.0 Å². The number of amides is 1. The molecule has 2 fully saturated rings. The summed E-state index contributed by atoms with van der Waals surface area (Å²) in [7, 11) is 0. The van der Waals surface area contributed by atoms with Crippen molar-refractivity contribution in [2.24, 2.45) is 0 Å². The number of carbonyl (C=O) groups is 4. The molecule has 3 unspecified atom stereocenters. The summed E-state index contributed by atoms with van der Waals surface area (Å²) in [5.41, 5.74) is 0. The minimum atomic E-state index is -1.21. The molecule has 0 aliphatic carbocycles. The van der Waals surface area contributed by atoms with Crippen LogP contribution in [0.15, 0.2) is 0 Å². The van der Waals surface area contributed by atoms with E-state index in [1.54, 1.807) is 0 Å². The highest BCUT2D eigenvalue weighted by Gasteiger charge is 2.59. The minimum absolute atomic E-state index is 0.0997. The third-order valence-electron chi connectivity index (χ3n) is 5.58. The van der Waals surface area contributed by atoms with Crippen LogP contribution in [-0.4, -0.2) is 77.7 Å². The number of thiocarbonyl (C=S) groups is 1. The lowest BCUT2D eigenvalue weighted by Gasteiger charge is -2.47. The minimum Gasteiger partial charge on any atom is -0.456 e. The molecule has 192 valence electrons. The first-order valence-electron chi connectivity index (χ1n) is 11.7. The second-order valence-electron chi connectivity index (χ2n) is 8.39. The van der Waals surface area contributed by atoms with E-state index < -0.39 is 54.5 Å². The smallest absolute Gasteiger partial charge is 0.412 e. The molecule has 11 nitrogen and oxygen atoms in total. The fourth-order valence-corrected chi connectivity index (χ4v) is 4.42. The largest absolute Gasteiger partial charge is 0.456 e. The van der Waals surface area contributed by atoms with Crippen molar-refractivity contribution in [1.82, 2.24) is 15.5 Å².